The Morgan fingerprint density at radius 2 is 2.10 bits per heavy atom. The summed E-state index contributed by atoms with van der Waals surface area (Å²) in [6.45, 7) is 3.74. The summed E-state index contributed by atoms with van der Waals surface area (Å²) in [7, 11) is 0. The van der Waals surface area contributed by atoms with Crippen LogP contribution in [0.3, 0.4) is 0 Å². The molecular formula is C13H20N6O. The van der Waals surface area contributed by atoms with Crippen molar-refractivity contribution in [2.24, 2.45) is 0 Å². The molecule has 0 aliphatic rings. The van der Waals surface area contributed by atoms with Gasteiger partial charge in [0.2, 0.25) is 5.95 Å². The first kappa shape index (κ1) is 14.4. The van der Waals surface area contributed by atoms with Crippen molar-refractivity contribution in [2.75, 3.05) is 11.1 Å². The lowest BCUT2D eigenvalue weighted by molar-refractivity contribution is 0.223. The molecule has 0 aliphatic heterocycles. The molecule has 0 aliphatic carbocycles. The van der Waals surface area contributed by atoms with Gasteiger partial charge in [-0.1, -0.05) is 19.8 Å². The van der Waals surface area contributed by atoms with Gasteiger partial charge in [-0.2, -0.15) is 9.97 Å². The van der Waals surface area contributed by atoms with Crippen LogP contribution in [0.15, 0.2) is 6.20 Å². The van der Waals surface area contributed by atoms with Crippen LogP contribution in [-0.2, 0) is 6.42 Å². The van der Waals surface area contributed by atoms with Crippen LogP contribution >= 0.6 is 0 Å². The standard InChI is InChI=1S/C13H20N6O/c1-3-4-5-6-9-7-15-12-10(17-9)11(14)18-13(19-12)16-8(2)20/h7-8,20H,3-6H2,1-2H3,(H3,14,15,16,18,19). The number of nitrogens with two attached hydrogens (primary N) is 1. The highest BCUT2D eigenvalue weighted by Crippen LogP contribution is 2.17. The number of aliphatic hydroxyl groups is 1. The van der Waals surface area contributed by atoms with E-state index in [4.69, 9.17) is 5.73 Å². The molecule has 2 aromatic rings. The van der Waals surface area contributed by atoms with Crippen molar-refractivity contribution in [3.63, 3.8) is 0 Å². The summed E-state index contributed by atoms with van der Waals surface area (Å²) in [5.74, 6) is 0.515. The second-order valence-corrected chi connectivity index (χ2v) is 4.74. The maximum Gasteiger partial charge on any atom is 0.228 e. The van der Waals surface area contributed by atoms with E-state index in [-0.39, 0.29) is 11.8 Å². The summed E-state index contributed by atoms with van der Waals surface area (Å²) in [6, 6.07) is 0. The van der Waals surface area contributed by atoms with Gasteiger partial charge < -0.3 is 16.2 Å². The number of nitrogens with zero attached hydrogens (tertiary/aromatic N) is 4. The lowest BCUT2D eigenvalue weighted by Gasteiger charge is -2.09. The number of hydrogen-bond donors (Lipinski definition) is 3. The Hall–Kier alpha value is -2.02. The van der Waals surface area contributed by atoms with Crippen LogP contribution in [0.5, 0.6) is 0 Å². The van der Waals surface area contributed by atoms with Crippen molar-refractivity contribution in [1.29, 1.82) is 0 Å². The highest BCUT2D eigenvalue weighted by Gasteiger charge is 2.09. The van der Waals surface area contributed by atoms with Crippen LogP contribution < -0.4 is 11.1 Å². The van der Waals surface area contributed by atoms with E-state index < -0.39 is 6.23 Å². The third kappa shape index (κ3) is 3.51. The van der Waals surface area contributed by atoms with E-state index in [1.807, 2.05) is 0 Å². The molecule has 0 radical (unpaired) electrons. The van der Waals surface area contributed by atoms with Gasteiger partial charge in [-0.15, -0.1) is 0 Å². The molecule has 0 aromatic carbocycles. The number of unbranched alkanes of at least 4 members (excludes halogenated alkanes) is 2. The van der Waals surface area contributed by atoms with Gasteiger partial charge in [0.25, 0.3) is 0 Å². The maximum atomic E-state index is 9.27. The Bertz CT molecular complexity index is 586. The molecule has 20 heavy (non-hydrogen) atoms. The van der Waals surface area contributed by atoms with Crippen LogP contribution in [0.25, 0.3) is 11.2 Å². The summed E-state index contributed by atoms with van der Waals surface area (Å²) < 4.78 is 0. The van der Waals surface area contributed by atoms with Gasteiger partial charge in [0.15, 0.2) is 17.0 Å². The molecule has 7 nitrogen and oxygen atoms in total. The fourth-order valence-electron chi connectivity index (χ4n) is 1.89. The number of nitrogen functional groups attached to an aromatic ring is 1. The molecule has 1 atom stereocenters. The zero-order valence-corrected chi connectivity index (χ0v) is 11.8. The topological polar surface area (TPSA) is 110 Å². The second kappa shape index (κ2) is 6.42. The molecule has 7 heteroatoms. The number of fused-ring (bicyclic) bond motifs is 1. The minimum atomic E-state index is -0.756. The van der Waals surface area contributed by atoms with Crippen molar-refractivity contribution in [1.82, 2.24) is 19.9 Å². The van der Waals surface area contributed by atoms with Crippen LogP contribution in [0, 0.1) is 0 Å². The first-order valence-corrected chi connectivity index (χ1v) is 6.84. The Kier molecular flexibility index (Phi) is 4.62. The van der Waals surface area contributed by atoms with Crippen molar-refractivity contribution < 1.29 is 5.11 Å². The Labute approximate surface area is 117 Å². The van der Waals surface area contributed by atoms with Crippen molar-refractivity contribution >= 4 is 22.9 Å². The molecule has 0 spiro atoms. The summed E-state index contributed by atoms with van der Waals surface area (Å²) in [6.07, 6.45) is 5.26. The zero-order chi connectivity index (χ0) is 14.5. The van der Waals surface area contributed by atoms with Crippen LogP contribution in [0.1, 0.15) is 38.8 Å². The minimum Gasteiger partial charge on any atom is -0.382 e. The van der Waals surface area contributed by atoms with Gasteiger partial charge in [-0.05, 0) is 19.8 Å². The third-order valence-corrected chi connectivity index (χ3v) is 2.86. The largest absolute Gasteiger partial charge is 0.382 e. The monoisotopic (exact) mass is 276 g/mol. The number of aromatic nitrogens is 4. The summed E-state index contributed by atoms with van der Waals surface area (Å²) in [4.78, 5) is 17.0. The minimum absolute atomic E-state index is 0.248. The average molecular weight is 276 g/mol. The molecule has 1 unspecified atom stereocenters. The van der Waals surface area contributed by atoms with E-state index in [1.54, 1.807) is 13.1 Å². The van der Waals surface area contributed by atoms with E-state index in [9.17, 15) is 5.11 Å². The Morgan fingerprint density at radius 3 is 2.80 bits per heavy atom. The zero-order valence-electron chi connectivity index (χ0n) is 11.8. The van der Waals surface area contributed by atoms with Crippen LogP contribution in [0.4, 0.5) is 11.8 Å². The molecule has 4 N–H and O–H groups in total. The van der Waals surface area contributed by atoms with Gasteiger partial charge in [0.1, 0.15) is 6.23 Å². The van der Waals surface area contributed by atoms with Gasteiger partial charge in [0.05, 0.1) is 11.9 Å². The molecule has 0 saturated heterocycles. The molecule has 0 amide bonds. The smallest absolute Gasteiger partial charge is 0.228 e. The van der Waals surface area contributed by atoms with E-state index in [1.165, 1.54) is 12.8 Å². The number of rotatable bonds is 6. The first-order valence-electron chi connectivity index (χ1n) is 6.84. The van der Waals surface area contributed by atoms with Crippen molar-refractivity contribution in [3.8, 4) is 0 Å². The fraction of sp³-hybridized carbons (Fsp3) is 0.538. The predicted octanol–water partition coefficient (Wildman–Crippen LogP) is 1.48. The lowest BCUT2D eigenvalue weighted by atomic mass is 10.2. The quantitative estimate of drug-likeness (QED) is 0.541. The van der Waals surface area contributed by atoms with Gasteiger partial charge in [0, 0.05) is 0 Å². The normalized spacial score (nSPS) is 12.6. The number of aryl methyl sites for hydroxylation is 1. The van der Waals surface area contributed by atoms with Crippen LogP contribution in [0.2, 0.25) is 0 Å². The lowest BCUT2D eigenvalue weighted by Crippen LogP contribution is -2.16. The van der Waals surface area contributed by atoms with E-state index in [0.717, 1.165) is 18.5 Å². The fourth-order valence-corrected chi connectivity index (χ4v) is 1.89. The number of aliphatic hydroxyl groups excluding tert-OH is 1. The molecular weight excluding hydrogens is 256 g/mol. The highest BCUT2D eigenvalue weighted by atomic mass is 16.3. The first-order chi connectivity index (χ1) is 9.60. The average Bonchev–Trinajstić information content (AvgIpc) is 2.39. The van der Waals surface area contributed by atoms with Crippen molar-refractivity contribution in [2.45, 2.75) is 45.8 Å². The van der Waals surface area contributed by atoms with E-state index >= 15 is 0 Å². The van der Waals surface area contributed by atoms with Crippen molar-refractivity contribution in [3.05, 3.63) is 11.9 Å². The molecule has 2 aromatic heterocycles. The Morgan fingerprint density at radius 1 is 1.30 bits per heavy atom. The van der Waals surface area contributed by atoms with E-state index in [2.05, 4.69) is 32.2 Å². The number of nitrogens with one attached hydrogen (secondary N) is 1. The molecule has 2 rings (SSSR count). The van der Waals surface area contributed by atoms with Crippen LogP contribution in [-0.4, -0.2) is 31.3 Å². The summed E-state index contributed by atoms with van der Waals surface area (Å²) in [5, 5.41) is 11.9. The molecule has 108 valence electrons. The summed E-state index contributed by atoms with van der Waals surface area (Å²) in [5.41, 5.74) is 7.72. The highest BCUT2D eigenvalue weighted by molar-refractivity contribution is 5.81. The summed E-state index contributed by atoms with van der Waals surface area (Å²) >= 11 is 0. The van der Waals surface area contributed by atoms with Gasteiger partial charge >= 0.3 is 0 Å². The van der Waals surface area contributed by atoms with E-state index in [0.29, 0.717) is 11.2 Å². The number of hydrogen-bond acceptors (Lipinski definition) is 7. The molecule has 0 saturated carbocycles. The molecule has 0 fully saturated rings. The molecule has 0 bridgehead atoms. The SMILES string of the molecule is CCCCCc1cnc2nc(NC(C)O)nc(N)c2n1. The van der Waals surface area contributed by atoms with Gasteiger partial charge in [-0.3, -0.25) is 0 Å². The maximum absolute atomic E-state index is 9.27. The second-order valence-electron chi connectivity index (χ2n) is 4.74. The third-order valence-electron chi connectivity index (χ3n) is 2.86. The predicted molar refractivity (Wildman–Crippen MR) is 78.1 cm³/mol. The number of anilines is 2. The Balaban J connectivity index is 2.26. The molecule has 2 heterocycles. The van der Waals surface area contributed by atoms with Gasteiger partial charge in [-0.25, -0.2) is 9.97 Å².